The highest BCUT2D eigenvalue weighted by Gasteiger charge is 2.16. The second-order valence-electron chi connectivity index (χ2n) is 6.01. The number of carbonyl (C=O) groups is 1. The van der Waals surface area contributed by atoms with Crippen LogP contribution in [0.15, 0.2) is 46.3 Å². The molecule has 0 fully saturated rings. The summed E-state index contributed by atoms with van der Waals surface area (Å²) in [5.74, 6) is 1.93. The fourth-order valence-electron chi connectivity index (χ4n) is 2.79. The van der Waals surface area contributed by atoms with E-state index in [2.05, 4.69) is 26.2 Å². The molecule has 1 N–H and O–H groups in total. The highest BCUT2D eigenvalue weighted by molar-refractivity contribution is 9.10. The SMILES string of the molecule is CCOc1ccc(Br)cc1NC(=O)Cc1csc(-c2ccc3c(c2)OCO3)n1. The quantitative estimate of drug-likeness (QED) is 0.567. The van der Waals surface area contributed by atoms with Crippen LogP contribution in [0.1, 0.15) is 12.6 Å². The third kappa shape index (κ3) is 4.13. The molecule has 1 aromatic heterocycles. The van der Waals surface area contributed by atoms with Crippen molar-refractivity contribution in [2.24, 2.45) is 0 Å². The van der Waals surface area contributed by atoms with Gasteiger partial charge in [-0.25, -0.2) is 4.98 Å². The predicted octanol–water partition coefficient (Wildman–Crippen LogP) is 4.88. The Bertz CT molecular complexity index is 1020. The summed E-state index contributed by atoms with van der Waals surface area (Å²) >= 11 is 4.91. The second-order valence-corrected chi connectivity index (χ2v) is 7.78. The molecule has 0 spiro atoms. The predicted molar refractivity (Wildman–Crippen MR) is 111 cm³/mol. The Hall–Kier alpha value is -2.58. The molecule has 3 aromatic rings. The number of ether oxygens (including phenoxy) is 3. The molecule has 1 aliphatic heterocycles. The standard InChI is InChI=1S/C20H17BrN2O4S/c1-2-25-16-6-4-13(21)8-15(16)23-19(24)9-14-10-28-20(22-14)12-3-5-17-18(7-12)27-11-26-17/h3-8,10H,2,9,11H2,1H3,(H,23,24). The van der Waals surface area contributed by atoms with Gasteiger partial charge in [0.1, 0.15) is 10.8 Å². The third-order valence-corrected chi connectivity index (χ3v) is 5.46. The summed E-state index contributed by atoms with van der Waals surface area (Å²) in [4.78, 5) is 17.1. The van der Waals surface area contributed by atoms with Crippen molar-refractivity contribution in [1.82, 2.24) is 4.98 Å². The average Bonchev–Trinajstić information content (AvgIpc) is 3.32. The van der Waals surface area contributed by atoms with Gasteiger partial charge in [-0.3, -0.25) is 4.79 Å². The number of rotatable bonds is 6. The first-order valence-electron chi connectivity index (χ1n) is 8.69. The minimum Gasteiger partial charge on any atom is -0.492 e. The van der Waals surface area contributed by atoms with E-state index in [1.54, 1.807) is 0 Å². The number of carbonyl (C=O) groups excluding carboxylic acids is 1. The number of thiazole rings is 1. The van der Waals surface area contributed by atoms with Gasteiger partial charge in [0, 0.05) is 15.4 Å². The van der Waals surface area contributed by atoms with E-state index in [0.717, 1.165) is 20.8 Å². The molecular formula is C20H17BrN2O4S. The van der Waals surface area contributed by atoms with Crippen LogP contribution in [0.4, 0.5) is 5.69 Å². The summed E-state index contributed by atoms with van der Waals surface area (Å²) in [7, 11) is 0. The van der Waals surface area contributed by atoms with E-state index in [1.165, 1.54) is 11.3 Å². The topological polar surface area (TPSA) is 69.7 Å². The van der Waals surface area contributed by atoms with Crippen molar-refractivity contribution in [3.05, 3.63) is 51.9 Å². The van der Waals surface area contributed by atoms with Crippen LogP contribution in [0.2, 0.25) is 0 Å². The summed E-state index contributed by atoms with van der Waals surface area (Å²) < 4.78 is 17.2. The van der Waals surface area contributed by atoms with Crippen LogP contribution >= 0.6 is 27.3 Å². The number of amides is 1. The fraction of sp³-hybridized carbons (Fsp3) is 0.200. The number of halogens is 1. The Morgan fingerprint density at radius 2 is 2.11 bits per heavy atom. The van der Waals surface area contributed by atoms with Gasteiger partial charge in [-0.1, -0.05) is 15.9 Å². The van der Waals surface area contributed by atoms with Crippen LogP contribution in [0.5, 0.6) is 17.2 Å². The second kappa shape index (κ2) is 8.20. The van der Waals surface area contributed by atoms with Crippen LogP contribution in [0, 0.1) is 0 Å². The van der Waals surface area contributed by atoms with Crippen molar-refractivity contribution in [2.45, 2.75) is 13.3 Å². The minimum atomic E-state index is -0.151. The molecule has 0 aliphatic carbocycles. The molecule has 0 saturated carbocycles. The molecule has 0 radical (unpaired) electrons. The van der Waals surface area contributed by atoms with Crippen molar-refractivity contribution in [3.8, 4) is 27.8 Å². The highest BCUT2D eigenvalue weighted by atomic mass is 79.9. The molecule has 0 bridgehead atoms. The van der Waals surface area contributed by atoms with E-state index >= 15 is 0 Å². The molecule has 28 heavy (non-hydrogen) atoms. The van der Waals surface area contributed by atoms with E-state index in [-0.39, 0.29) is 19.1 Å². The minimum absolute atomic E-state index is 0.151. The Labute approximate surface area is 174 Å². The highest BCUT2D eigenvalue weighted by Crippen LogP contribution is 2.36. The molecule has 4 rings (SSSR count). The number of anilines is 1. The summed E-state index contributed by atoms with van der Waals surface area (Å²) in [5.41, 5.74) is 2.28. The van der Waals surface area contributed by atoms with Crippen molar-refractivity contribution >= 4 is 38.9 Å². The molecule has 144 valence electrons. The monoisotopic (exact) mass is 460 g/mol. The van der Waals surface area contributed by atoms with Crippen LogP contribution in [0.3, 0.4) is 0 Å². The van der Waals surface area contributed by atoms with Gasteiger partial charge in [-0.2, -0.15) is 0 Å². The first-order valence-corrected chi connectivity index (χ1v) is 10.4. The number of fused-ring (bicyclic) bond motifs is 1. The van der Waals surface area contributed by atoms with Gasteiger partial charge in [0.2, 0.25) is 12.7 Å². The van der Waals surface area contributed by atoms with Crippen molar-refractivity contribution in [2.75, 3.05) is 18.7 Å². The lowest BCUT2D eigenvalue weighted by Gasteiger charge is -2.11. The fourth-order valence-corrected chi connectivity index (χ4v) is 3.97. The van der Waals surface area contributed by atoms with Gasteiger partial charge in [0.25, 0.3) is 0 Å². The lowest BCUT2D eigenvalue weighted by atomic mass is 10.2. The molecule has 1 aliphatic rings. The maximum atomic E-state index is 12.5. The van der Waals surface area contributed by atoms with E-state index in [1.807, 2.05) is 48.7 Å². The van der Waals surface area contributed by atoms with Gasteiger partial charge >= 0.3 is 0 Å². The molecule has 2 heterocycles. The molecule has 6 nitrogen and oxygen atoms in total. The zero-order valence-corrected chi connectivity index (χ0v) is 17.4. The normalized spacial score (nSPS) is 12.1. The van der Waals surface area contributed by atoms with Gasteiger partial charge < -0.3 is 19.5 Å². The van der Waals surface area contributed by atoms with E-state index in [4.69, 9.17) is 14.2 Å². The van der Waals surface area contributed by atoms with Crippen molar-refractivity contribution in [1.29, 1.82) is 0 Å². The summed E-state index contributed by atoms with van der Waals surface area (Å²) in [6.07, 6.45) is 0.180. The van der Waals surface area contributed by atoms with Gasteiger partial charge in [0.05, 0.1) is 24.4 Å². The largest absolute Gasteiger partial charge is 0.492 e. The summed E-state index contributed by atoms with van der Waals surface area (Å²) in [6.45, 7) is 2.66. The zero-order valence-electron chi connectivity index (χ0n) is 15.0. The number of hydrogen-bond acceptors (Lipinski definition) is 6. The molecule has 2 aromatic carbocycles. The lowest BCUT2D eigenvalue weighted by molar-refractivity contribution is -0.115. The maximum Gasteiger partial charge on any atom is 0.231 e. The summed E-state index contributed by atoms with van der Waals surface area (Å²) in [5, 5.41) is 5.63. The molecule has 0 unspecified atom stereocenters. The van der Waals surface area contributed by atoms with E-state index in [9.17, 15) is 4.79 Å². The van der Waals surface area contributed by atoms with Crippen molar-refractivity contribution in [3.63, 3.8) is 0 Å². The molecule has 1 amide bonds. The van der Waals surface area contributed by atoms with Crippen LogP contribution < -0.4 is 19.5 Å². The van der Waals surface area contributed by atoms with Crippen LogP contribution in [0.25, 0.3) is 10.6 Å². The average molecular weight is 461 g/mol. The van der Waals surface area contributed by atoms with E-state index < -0.39 is 0 Å². The number of hydrogen-bond donors (Lipinski definition) is 1. The molecule has 0 atom stereocenters. The molecular weight excluding hydrogens is 444 g/mol. The number of aromatic nitrogens is 1. The van der Waals surface area contributed by atoms with Crippen molar-refractivity contribution < 1.29 is 19.0 Å². The molecule has 8 heteroatoms. The number of nitrogens with one attached hydrogen (secondary N) is 1. The number of benzene rings is 2. The van der Waals surface area contributed by atoms with E-state index in [0.29, 0.717) is 29.5 Å². The Balaban J connectivity index is 1.46. The Morgan fingerprint density at radius 3 is 2.96 bits per heavy atom. The first kappa shape index (κ1) is 18.8. The Kier molecular flexibility index (Phi) is 5.50. The van der Waals surface area contributed by atoms with Crippen LogP contribution in [-0.2, 0) is 11.2 Å². The first-order chi connectivity index (χ1) is 13.6. The molecule has 0 saturated heterocycles. The number of nitrogens with zero attached hydrogens (tertiary/aromatic N) is 1. The Morgan fingerprint density at radius 1 is 1.25 bits per heavy atom. The van der Waals surface area contributed by atoms with Gasteiger partial charge in [-0.15, -0.1) is 11.3 Å². The third-order valence-electron chi connectivity index (χ3n) is 4.03. The lowest BCUT2D eigenvalue weighted by Crippen LogP contribution is -2.15. The smallest absolute Gasteiger partial charge is 0.231 e. The van der Waals surface area contributed by atoms with Crippen LogP contribution in [-0.4, -0.2) is 24.3 Å². The maximum absolute atomic E-state index is 12.5. The summed E-state index contributed by atoms with van der Waals surface area (Å²) in [6, 6.07) is 11.2. The van der Waals surface area contributed by atoms with Gasteiger partial charge in [0.15, 0.2) is 11.5 Å². The zero-order chi connectivity index (χ0) is 19.5. The van der Waals surface area contributed by atoms with Gasteiger partial charge in [-0.05, 0) is 43.3 Å².